The molecule has 1 aromatic heterocycles. The average molecular weight is 553 g/mol. The minimum absolute atomic E-state index is 0.0558. The molecule has 1 N–H and O–H groups in total. The summed E-state index contributed by atoms with van der Waals surface area (Å²) >= 11 is 13.8. The second kappa shape index (κ2) is 9.82. The van der Waals surface area contributed by atoms with E-state index in [1.165, 1.54) is 16.2 Å². The van der Waals surface area contributed by atoms with Crippen molar-refractivity contribution in [1.82, 2.24) is 4.98 Å². The van der Waals surface area contributed by atoms with E-state index < -0.39 is 17.7 Å². The van der Waals surface area contributed by atoms with E-state index >= 15 is 0 Å². The van der Waals surface area contributed by atoms with E-state index in [1.54, 1.807) is 42.5 Å². The van der Waals surface area contributed by atoms with Gasteiger partial charge in [-0.15, -0.1) is 0 Å². The van der Waals surface area contributed by atoms with Crippen molar-refractivity contribution < 1.29 is 19.4 Å². The molecule has 1 atom stereocenters. The minimum atomic E-state index is -0.955. The molecule has 6 nitrogen and oxygen atoms in total. The van der Waals surface area contributed by atoms with Crippen molar-refractivity contribution in [3.05, 3.63) is 92.5 Å². The van der Waals surface area contributed by atoms with Crippen LogP contribution >= 0.6 is 34.5 Å². The lowest BCUT2D eigenvalue weighted by atomic mass is 9.95. The molecule has 0 radical (unpaired) electrons. The van der Waals surface area contributed by atoms with Crippen LogP contribution in [-0.2, 0) is 9.59 Å². The SMILES string of the molecule is CCOc1ccc(C(O)=C2C(=O)C(=O)N(c3nc4c(C)cc(C)cc4s3)C2c2ccc(Cl)c(Cl)c2)cc1. The number of halogens is 2. The third kappa shape index (κ3) is 4.48. The predicted octanol–water partition coefficient (Wildman–Crippen LogP) is 7.24. The number of aromatic nitrogens is 1. The maximum absolute atomic E-state index is 13.5. The molecular weight excluding hydrogens is 531 g/mol. The number of aryl methyl sites for hydroxylation is 2. The molecule has 4 aromatic rings. The Morgan fingerprint density at radius 1 is 1.05 bits per heavy atom. The Bertz CT molecular complexity index is 1590. The van der Waals surface area contributed by atoms with Crippen LogP contribution in [0.3, 0.4) is 0 Å². The second-order valence-electron chi connectivity index (χ2n) is 8.73. The Morgan fingerprint density at radius 2 is 1.78 bits per heavy atom. The van der Waals surface area contributed by atoms with E-state index in [9.17, 15) is 14.7 Å². The van der Waals surface area contributed by atoms with Crippen LogP contribution in [0, 0.1) is 13.8 Å². The van der Waals surface area contributed by atoms with E-state index in [4.69, 9.17) is 32.9 Å². The summed E-state index contributed by atoms with van der Waals surface area (Å²) in [5.74, 6) is -1.26. The van der Waals surface area contributed by atoms with Crippen molar-refractivity contribution in [2.75, 3.05) is 11.5 Å². The Balaban J connectivity index is 1.71. The quantitative estimate of drug-likeness (QED) is 0.160. The number of amides is 1. The number of aliphatic hydroxyl groups excluding tert-OH is 1. The van der Waals surface area contributed by atoms with Crippen molar-refractivity contribution >= 4 is 67.3 Å². The van der Waals surface area contributed by atoms with Gasteiger partial charge in [-0.1, -0.05) is 46.7 Å². The molecule has 2 heterocycles. The molecule has 9 heteroatoms. The van der Waals surface area contributed by atoms with Crippen LogP contribution in [-0.4, -0.2) is 28.4 Å². The van der Waals surface area contributed by atoms with Gasteiger partial charge in [0.1, 0.15) is 11.5 Å². The number of benzene rings is 3. The van der Waals surface area contributed by atoms with Gasteiger partial charge in [0.05, 0.1) is 38.5 Å². The zero-order valence-electron chi connectivity index (χ0n) is 20.2. The van der Waals surface area contributed by atoms with Crippen LogP contribution in [0.5, 0.6) is 5.75 Å². The fourth-order valence-corrected chi connectivity index (χ4v) is 6.00. The van der Waals surface area contributed by atoms with Gasteiger partial charge in [-0.05, 0) is 79.9 Å². The minimum Gasteiger partial charge on any atom is -0.507 e. The summed E-state index contributed by atoms with van der Waals surface area (Å²) in [6, 6.07) is 14.6. The van der Waals surface area contributed by atoms with Crippen LogP contribution in [0.15, 0.2) is 60.2 Å². The third-order valence-corrected chi connectivity index (χ3v) is 7.91. The number of ketones is 1. The van der Waals surface area contributed by atoms with Gasteiger partial charge >= 0.3 is 5.91 Å². The number of ether oxygens (including phenoxy) is 1. The number of anilines is 1. The van der Waals surface area contributed by atoms with Gasteiger partial charge in [0, 0.05) is 5.56 Å². The second-order valence-corrected chi connectivity index (χ2v) is 10.5. The number of hydrogen-bond donors (Lipinski definition) is 1. The monoisotopic (exact) mass is 552 g/mol. The Kier molecular flexibility index (Phi) is 6.70. The van der Waals surface area contributed by atoms with Gasteiger partial charge in [-0.3, -0.25) is 14.5 Å². The summed E-state index contributed by atoms with van der Waals surface area (Å²) in [6.45, 7) is 6.31. The van der Waals surface area contributed by atoms with Crippen molar-refractivity contribution in [2.24, 2.45) is 0 Å². The lowest BCUT2D eigenvalue weighted by Crippen LogP contribution is -2.29. The first-order valence-corrected chi connectivity index (χ1v) is 13.1. The molecule has 1 unspecified atom stereocenters. The van der Waals surface area contributed by atoms with Gasteiger partial charge in [0.2, 0.25) is 0 Å². The molecule has 1 saturated heterocycles. The molecular formula is C28H22Cl2N2O4S. The summed E-state index contributed by atoms with van der Waals surface area (Å²) < 4.78 is 6.38. The fraction of sp³-hybridized carbons (Fsp3) is 0.179. The van der Waals surface area contributed by atoms with Crippen molar-refractivity contribution in [3.63, 3.8) is 0 Å². The van der Waals surface area contributed by atoms with Gasteiger partial charge in [0.25, 0.3) is 5.78 Å². The van der Waals surface area contributed by atoms with Crippen LogP contribution in [0.2, 0.25) is 10.0 Å². The molecule has 188 valence electrons. The van der Waals surface area contributed by atoms with Gasteiger partial charge in [-0.2, -0.15) is 0 Å². The highest BCUT2D eigenvalue weighted by atomic mass is 35.5. The molecule has 1 fully saturated rings. The largest absolute Gasteiger partial charge is 0.507 e. The number of thiazole rings is 1. The molecule has 0 saturated carbocycles. The summed E-state index contributed by atoms with van der Waals surface area (Å²) in [7, 11) is 0. The van der Waals surface area contributed by atoms with E-state index in [2.05, 4.69) is 0 Å². The Morgan fingerprint density at radius 3 is 2.46 bits per heavy atom. The highest BCUT2D eigenvalue weighted by Crippen LogP contribution is 2.45. The fourth-order valence-electron chi connectivity index (χ4n) is 4.52. The van der Waals surface area contributed by atoms with Gasteiger partial charge in [0.15, 0.2) is 5.13 Å². The standard InChI is InChI=1S/C28H22Cl2N2O4S/c1-4-36-18-8-5-16(6-9-18)25(33)22-24(17-7-10-19(29)20(30)13-17)32(27(35)26(22)34)28-31-23-15(3)11-14(2)12-21(23)37-28/h5-13,24,33H,4H2,1-3H3. The zero-order valence-corrected chi connectivity index (χ0v) is 22.5. The predicted molar refractivity (Wildman–Crippen MR) is 148 cm³/mol. The first-order valence-electron chi connectivity index (χ1n) is 11.6. The van der Waals surface area contributed by atoms with Gasteiger partial charge < -0.3 is 9.84 Å². The normalized spacial score (nSPS) is 17.1. The number of rotatable bonds is 5. The third-order valence-electron chi connectivity index (χ3n) is 6.17. The van der Waals surface area contributed by atoms with Crippen LogP contribution in [0.4, 0.5) is 5.13 Å². The van der Waals surface area contributed by atoms with E-state index in [1.807, 2.05) is 32.9 Å². The maximum atomic E-state index is 13.5. The molecule has 0 aliphatic carbocycles. The lowest BCUT2D eigenvalue weighted by molar-refractivity contribution is -0.132. The number of hydrogen-bond acceptors (Lipinski definition) is 6. The van der Waals surface area contributed by atoms with E-state index in [0.29, 0.717) is 33.6 Å². The first kappa shape index (κ1) is 25.3. The summed E-state index contributed by atoms with van der Waals surface area (Å²) in [6.07, 6.45) is 0. The number of nitrogens with zero attached hydrogens (tertiary/aromatic N) is 2. The van der Waals surface area contributed by atoms with Crippen LogP contribution in [0.25, 0.3) is 16.0 Å². The first-order chi connectivity index (χ1) is 17.7. The number of carbonyl (C=O) groups excluding carboxylic acids is 2. The topological polar surface area (TPSA) is 79.7 Å². The maximum Gasteiger partial charge on any atom is 0.301 e. The molecule has 1 aliphatic heterocycles. The highest BCUT2D eigenvalue weighted by molar-refractivity contribution is 7.22. The Labute approximate surface area is 227 Å². The molecule has 1 amide bonds. The van der Waals surface area contributed by atoms with Crippen LogP contribution < -0.4 is 9.64 Å². The molecule has 1 aliphatic rings. The number of fused-ring (bicyclic) bond motifs is 1. The molecule has 0 bridgehead atoms. The molecule has 5 rings (SSSR count). The lowest BCUT2D eigenvalue weighted by Gasteiger charge is -2.23. The summed E-state index contributed by atoms with van der Waals surface area (Å²) in [5.41, 5.74) is 3.63. The zero-order chi connectivity index (χ0) is 26.4. The van der Waals surface area contributed by atoms with Crippen molar-refractivity contribution in [3.8, 4) is 5.75 Å². The summed E-state index contributed by atoms with van der Waals surface area (Å²) in [5, 5.41) is 12.3. The van der Waals surface area contributed by atoms with Gasteiger partial charge in [-0.25, -0.2) is 4.98 Å². The number of Topliss-reactive ketones (excluding diaryl/α,β-unsaturated/α-hetero) is 1. The van der Waals surface area contributed by atoms with E-state index in [-0.39, 0.29) is 16.4 Å². The Hall–Kier alpha value is -3.39. The highest BCUT2D eigenvalue weighted by Gasteiger charge is 2.48. The van der Waals surface area contributed by atoms with Crippen molar-refractivity contribution in [2.45, 2.75) is 26.8 Å². The molecule has 3 aromatic carbocycles. The molecule has 37 heavy (non-hydrogen) atoms. The van der Waals surface area contributed by atoms with Crippen molar-refractivity contribution in [1.29, 1.82) is 0 Å². The number of aliphatic hydroxyl groups is 1. The molecule has 0 spiro atoms. The van der Waals surface area contributed by atoms with E-state index in [0.717, 1.165) is 21.3 Å². The van der Waals surface area contributed by atoms with Crippen LogP contribution in [0.1, 0.15) is 35.2 Å². The summed E-state index contributed by atoms with van der Waals surface area (Å²) in [4.78, 5) is 33.0. The number of carbonyl (C=O) groups is 2. The average Bonchev–Trinajstić information content (AvgIpc) is 3.40. The smallest absolute Gasteiger partial charge is 0.301 e.